The molecule has 3 rings (SSSR count). The van der Waals surface area contributed by atoms with Gasteiger partial charge >= 0.3 is 23.9 Å². The van der Waals surface area contributed by atoms with Crippen molar-refractivity contribution in [2.45, 2.75) is 26.9 Å². The van der Waals surface area contributed by atoms with E-state index in [0.717, 1.165) is 12.7 Å². The first-order chi connectivity index (χ1) is 18.6. The van der Waals surface area contributed by atoms with Crippen LogP contribution in [0.5, 0.6) is 0 Å². The Kier molecular flexibility index (Phi) is 14.3. The van der Waals surface area contributed by atoms with Crippen LogP contribution < -0.4 is 0 Å². The average Bonchev–Trinajstić information content (AvgIpc) is 2.95. The van der Waals surface area contributed by atoms with Gasteiger partial charge in [-0.15, -0.1) is 0 Å². The molecule has 0 aliphatic carbocycles. The lowest BCUT2D eigenvalue weighted by molar-refractivity contribution is -0.161. The minimum absolute atomic E-state index is 0. The first-order valence-electron chi connectivity index (χ1n) is 11.7. The Labute approximate surface area is 231 Å². The topological polar surface area (TPSA) is 116 Å². The second kappa shape index (κ2) is 17.1. The Bertz CT molecular complexity index is 1230. The normalized spacial score (nSPS) is 11.4. The molecule has 0 saturated heterocycles. The Morgan fingerprint density at radius 3 is 1.50 bits per heavy atom. The molecule has 0 radical (unpaired) electrons. The number of hydrogen-bond acceptors (Lipinski definition) is 7. The summed E-state index contributed by atoms with van der Waals surface area (Å²) in [5, 5.41) is 8.82. The molecule has 0 aromatic heterocycles. The van der Waals surface area contributed by atoms with Gasteiger partial charge in [-0.25, -0.2) is 8.78 Å². The molecule has 3 aromatic carbocycles. The van der Waals surface area contributed by atoms with Gasteiger partial charge in [0.1, 0.15) is 18.2 Å². The number of carboxylic acids is 1. The van der Waals surface area contributed by atoms with Gasteiger partial charge in [-0.05, 0) is 53.8 Å². The Morgan fingerprint density at radius 1 is 0.650 bits per heavy atom. The first kappa shape index (κ1) is 33.4. The van der Waals surface area contributed by atoms with Crippen LogP contribution >= 0.6 is 0 Å². The summed E-state index contributed by atoms with van der Waals surface area (Å²) in [5.74, 6) is -6.52. The fourth-order valence-corrected chi connectivity index (χ4v) is 3.36. The van der Waals surface area contributed by atoms with E-state index in [4.69, 9.17) is 9.84 Å². The number of carbonyl (C=O) groups is 4. The highest BCUT2D eigenvalue weighted by Gasteiger charge is 2.30. The molecule has 0 bridgehead atoms. The van der Waals surface area contributed by atoms with Crippen LogP contribution in [-0.2, 0) is 52.8 Å². The van der Waals surface area contributed by atoms with Gasteiger partial charge in [0.05, 0.1) is 14.2 Å². The zero-order chi connectivity index (χ0) is 28.8. The van der Waals surface area contributed by atoms with E-state index in [-0.39, 0.29) is 32.7 Å². The number of halogens is 2. The van der Waals surface area contributed by atoms with Crippen molar-refractivity contribution in [2.75, 3.05) is 14.2 Å². The van der Waals surface area contributed by atoms with Crippen molar-refractivity contribution in [3.05, 3.63) is 107 Å². The number of benzene rings is 3. The maximum absolute atomic E-state index is 12.9. The molecule has 8 nitrogen and oxygen atoms in total. The van der Waals surface area contributed by atoms with Crippen LogP contribution in [-0.4, -0.2) is 43.2 Å². The predicted molar refractivity (Wildman–Crippen MR) is 142 cm³/mol. The van der Waals surface area contributed by atoms with Crippen LogP contribution in [0.4, 0.5) is 8.78 Å². The van der Waals surface area contributed by atoms with Crippen LogP contribution in [0.15, 0.2) is 78.9 Å². The molecule has 214 valence electrons. The number of carboxylic acid groups (broad SMARTS) is 1. The Morgan fingerprint density at radius 2 is 1.07 bits per heavy atom. The summed E-state index contributed by atoms with van der Waals surface area (Å²) in [6, 6.07) is 20.1. The van der Waals surface area contributed by atoms with Gasteiger partial charge in [0.2, 0.25) is 0 Å². The van der Waals surface area contributed by atoms with Gasteiger partial charge in [-0.1, -0.05) is 62.0 Å². The second-order valence-corrected chi connectivity index (χ2v) is 8.24. The predicted octanol–water partition coefficient (Wildman–Crippen LogP) is 4.78. The number of hydrogen-bond donors (Lipinski definition) is 1. The van der Waals surface area contributed by atoms with E-state index in [1.807, 2.05) is 30.3 Å². The zero-order valence-electron chi connectivity index (χ0n) is 21.3. The van der Waals surface area contributed by atoms with Crippen molar-refractivity contribution >= 4 is 23.9 Å². The molecule has 3 aromatic rings. The number of esters is 3. The maximum Gasteiger partial charge on any atom is 0.321 e. The van der Waals surface area contributed by atoms with E-state index < -0.39 is 41.5 Å². The number of methoxy groups -OCH3 is 2. The largest absolute Gasteiger partial charge is 0.481 e. The third-order valence-corrected chi connectivity index (χ3v) is 5.48. The molecular formula is C30H32F2O8. The smallest absolute Gasteiger partial charge is 0.321 e. The van der Waals surface area contributed by atoms with E-state index in [0.29, 0.717) is 11.1 Å². The summed E-state index contributed by atoms with van der Waals surface area (Å²) in [5.41, 5.74) is 2.05. The lowest BCUT2D eigenvalue weighted by Gasteiger charge is -2.14. The monoisotopic (exact) mass is 558 g/mol. The molecule has 0 aliphatic rings. The molecule has 0 spiro atoms. The Hall–Kier alpha value is -4.60. The van der Waals surface area contributed by atoms with Gasteiger partial charge < -0.3 is 19.3 Å². The van der Waals surface area contributed by atoms with Gasteiger partial charge in [-0.2, -0.15) is 0 Å². The van der Waals surface area contributed by atoms with Crippen LogP contribution in [0.2, 0.25) is 0 Å². The maximum atomic E-state index is 12.9. The van der Waals surface area contributed by atoms with E-state index >= 15 is 0 Å². The lowest BCUT2D eigenvalue weighted by atomic mass is 9.99. The van der Waals surface area contributed by atoms with Gasteiger partial charge in [-0.3, -0.25) is 19.2 Å². The van der Waals surface area contributed by atoms with Crippen molar-refractivity contribution < 1.29 is 47.3 Å². The van der Waals surface area contributed by atoms with E-state index in [2.05, 4.69) is 9.47 Å². The molecule has 2 atom stereocenters. The second-order valence-electron chi connectivity index (χ2n) is 8.24. The molecule has 10 heteroatoms. The highest BCUT2D eigenvalue weighted by molar-refractivity contribution is 5.95. The highest BCUT2D eigenvalue weighted by atomic mass is 19.1. The molecule has 40 heavy (non-hydrogen) atoms. The number of carbonyl (C=O) groups excluding carboxylic acids is 3. The van der Waals surface area contributed by atoms with E-state index in [1.165, 1.54) is 55.6 Å². The molecule has 0 amide bonds. The molecule has 0 saturated carbocycles. The quantitative estimate of drug-likeness (QED) is 0.215. The average molecular weight is 559 g/mol. The van der Waals surface area contributed by atoms with Crippen molar-refractivity contribution in [3.8, 4) is 0 Å². The fourth-order valence-electron chi connectivity index (χ4n) is 3.36. The summed E-state index contributed by atoms with van der Waals surface area (Å²) < 4.78 is 39.8. The molecule has 1 N–H and O–H groups in total. The number of ether oxygens (including phenoxy) is 3. The molecule has 0 aliphatic heterocycles. The summed E-state index contributed by atoms with van der Waals surface area (Å²) in [6.45, 7) is 0.0799. The van der Waals surface area contributed by atoms with Crippen LogP contribution in [0.3, 0.4) is 0 Å². The molecule has 2 unspecified atom stereocenters. The minimum atomic E-state index is -1.25. The molecular weight excluding hydrogens is 526 g/mol. The van der Waals surface area contributed by atoms with Crippen LogP contribution in [0.25, 0.3) is 0 Å². The number of rotatable bonds is 10. The fraction of sp³-hybridized carbons (Fsp3) is 0.267. The highest BCUT2D eigenvalue weighted by Crippen LogP contribution is 2.15. The van der Waals surface area contributed by atoms with Gasteiger partial charge in [0.15, 0.2) is 11.8 Å². The van der Waals surface area contributed by atoms with Crippen molar-refractivity contribution in [1.29, 1.82) is 0 Å². The minimum Gasteiger partial charge on any atom is -0.481 e. The standard InChI is InChI=1S/C18H17FO4.C11H11FO4.CH4/c1-22-17(20)16(11-13-7-9-15(19)10-8-13)18(21)23-12-14-5-3-2-4-6-14;1-16-11(15)9(10(13)14)6-7-2-4-8(12)5-3-7;/h2-10,16H,11-12H2,1H3;2-5,9H,6H2,1H3,(H,13,14);1H4. The van der Waals surface area contributed by atoms with Crippen molar-refractivity contribution in [3.63, 3.8) is 0 Å². The van der Waals surface area contributed by atoms with Crippen LogP contribution in [0.1, 0.15) is 24.1 Å². The lowest BCUT2D eigenvalue weighted by Crippen LogP contribution is -2.29. The van der Waals surface area contributed by atoms with Crippen LogP contribution in [0, 0.1) is 23.5 Å². The molecule has 0 fully saturated rings. The Balaban J connectivity index is 0.000000416. The van der Waals surface area contributed by atoms with Crippen molar-refractivity contribution in [1.82, 2.24) is 0 Å². The first-order valence-corrected chi connectivity index (χ1v) is 11.7. The van der Waals surface area contributed by atoms with Gasteiger partial charge in [0.25, 0.3) is 0 Å². The van der Waals surface area contributed by atoms with E-state index in [1.54, 1.807) is 0 Å². The summed E-state index contributed by atoms with van der Waals surface area (Å²) in [7, 11) is 2.34. The third kappa shape index (κ3) is 11.0. The van der Waals surface area contributed by atoms with Gasteiger partial charge in [0, 0.05) is 0 Å². The van der Waals surface area contributed by atoms with E-state index in [9.17, 15) is 28.0 Å². The summed E-state index contributed by atoms with van der Waals surface area (Å²) in [4.78, 5) is 46.0. The third-order valence-electron chi connectivity index (χ3n) is 5.48. The zero-order valence-corrected chi connectivity index (χ0v) is 21.3. The summed E-state index contributed by atoms with van der Waals surface area (Å²) in [6.07, 6.45) is 0.0862. The summed E-state index contributed by atoms with van der Waals surface area (Å²) >= 11 is 0. The SMILES string of the molecule is C.COC(=O)C(Cc1ccc(F)cc1)C(=O)O.COC(=O)C(Cc1ccc(F)cc1)C(=O)OCc1ccccc1. The number of aliphatic carboxylic acids is 1. The van der Waals surface area contributed by atoms with Crippen molar-refractivity contribution in [2.24, 2.45) is 11.8 Å². The molecule has 0 heterocycles.